The number of thioether (sulfide) groups is 1. The molecule has 1 aromatic heterocycles. The molecule has 1 heterocycles. The number of nitrogens with zero attached hydrogens (tertiary/aromatic N) is 2. The Kier molecular flexibility index (Phi) is 7.57. The molecule has 2 aromatic carbocycles. The Morgan fingerprint density at radius 3 is 2.67 bits per heavy atom. The minimum atomic E-state index is -0.734. The summed E-state index contributed by atoms with van der Waals surface area (Å²) >= 11 is 2.44. The second kappa shape index (κ2) is 10.6. The maximum Gasteiger partial charge on any atom is 0.272 e. The normalized spacial score (nSPS) is 10.3. The van der Waals surface area contributed by atoms with Crippen molar-refractivity contribution >= 4 is 45.7 Å². The molecule has 0 aliphatic carbocycles. The molecule has 156 valence electrons. The summed E-state index contributed by atoms with van der Waals surface area (Å²) in [5, 5.41) is 11.8. The van der Waals surface area contributed by atoms with Gasteiger partial charge in [-0.15, -0.1) is 10.2 Å². The van der Waals surface area contributed by atoms with Crippen LogP contribution in [0.1, 0.15) is 17.3 Å². The maximum absolute atomic E-state index is 13.6. The van der Waals surface area contributed by atoms with Crippen LogP contribution in [-0.2, 0) is 4.79 Å². The first-order valence-corrected chi connectivity index (χ1v) is 10.7. The van der Waals surface area contributed by atoms with E-state index in [1.54, 1.807) is 0 Å². The first-order valence-electron chi connectivity index (χ1n) is 8.85. The molecule has 11 heteroatoms. The predicted molar refractivity (Wildman–Crippen MR) is 114 cm³/mol. The molecule has 0 atom stereocenters. The van der Waals surface area contributed by atoms with E-state index in [0.717, 1.165) is 17.4 Å². The summed E-state index contributed by atoms with van der Waals surface area (Å²) in [7, 11) is 0. The highest BCUT2D eigenvalue weighted by molar-refractivity contribution is 8.01. The van der Waals surface area contributed by atoms with Gasteiger partial charge < -0.3 is 10.1 Å². The monoisotopic (exact) mass is 447 g/mol. The number of halogens is 1. The van der Waals surface area contributed by atoms with Crippen molar-refractivity contribution < 1.29 is 18.7 Å². The van der Waals surface area contributed by atoms with Crippen LogP contribution in [-0.4, -0.2) is 34.4 Å². The van der Waals surface area contributed by atoms with Crippen molar-refractivity contribution in [1.29, 1.82) is 0 Å². The Balaban J connectivity index is 1.48. The van der Waals surface area contributed by atoms with Gasteiger partial charge in [-0.3, -0.25) is 20.4 Å². The Hall–Kier alpha value is -3.18. The molecule has 3 aromatic rings. The molecule has 0 fully saturated rings. The van der Waals surface area contributed by atoms with E-state index >= 15 is 0 Å². The van der Waals surface area contributed by atoms with E-state index < -0.39 is 17.6 Å². The third-order valence-electron chi connectivity index (χ3n) is 3.60. The number of rotatable bonds is 8. The number of anilines is 2. The number of aromatic nitrogens is 2. The van der Waals surface area contributed by atoms with Crippen molar-refractivity contribution in [2.75, 3.05) is 17.7 Å². The molecule has 30 heavy (non-hydrogen) atoms. The van der Waals surface area contributed by atoms with Gasteiger partial charge in [-0.2, -0.15) is 0 Å². The van der Waals surface area contributed by atoms with Crippen LogP contribution in [0, 0.1) is 5.82 Å². The molecule has 0 spiro atoms. The van der Waals surface area contributed by atoms with Crippen LogP contribution < -0.4 is 20.9 Å². The summed E-state index contributed by atoms with van der Waals surface area (Å²) in [4.78, 5) is 23.8. The average molecular weight is 448 g/mol. The molecule has 3 N–H and O–H groups in total. The van der Waals surface area contributed by atoms with Crippen LogP contribution in [0.2, 0.25) is 0 Å². The molecule has 0 saturated carbocycles. The summed E-state index contributed by atoms with van der Waals surface area (Å²) < 4.78 is 19.7. The second-order valence-corrected chi connectivity index (χ2v) is 7.90. The molecule has 0 radical (unpaired) electrons. The van der Waals surface area contributed by atoms with E-state index in [1.165, 1.54) is 35.6 Å². The summed E-state index contributed by atoms with van der Waals surface area (Å²) in [6.07, 6.45) is 0. The van der Waals surface area contributed by atoms with Crippen molar-refractivity contribution in [2.24, 2.45) is 0 Å². The molecular weight excluding hydrogens is 429 g/mol. The van der Waals surface area contributed by atoms with Crippen molar-refractivity contribution in [1.82, 2.24) is 21.0 Å². The minimum absolute atomic E-state index is 0.00170. The Labute approximate surface area is 180 Å². The summed E-state index contributed by atoms with van der Waals surface area (Å²) in [5.41, 5.74) is 5.04. The number of nitrogens with one attached hydrogen (secondary N) is 3. The number of carbonyl (C=O) groups is 2. The zero-order valence-corrected chi connectivity index (χ0v) is 17.5. The van der Waals surface area contributed by atoms with Crippen LogP contribution in [0.25, 0.3) is 0 Å². The van der Waals surface area contributed by atoms with Crippen molar-refractivity contribution in [3.63, 3.8) is 0 Å². The van der Waals surface area contributed by atoms with E-state index in [9.17, 15) is 14.0 Å². The van der Waals surface area contributed by atoms with Gasteiger partial charge in [-0.25, -0.2) is 4.39 Å². The molecule has 0 unspecified atom stereocenters. The van der Waals surface area contributed by atoms with Gasteiger partial charge in [0.05, 0.1) is 23.6 Å². The van der Waals surface area contributed by atoms with Gasteiger partial charge in [0.15, 0.2) is 4.34 Å². The van der Waals surface area contributed by atoms with E-state index in [1.807, 2.05) is 31.2 Å². The van der Waals surface area contributed by atoms with Crippen LogP contribution in [0.4, 0.5) is 15.2 Å². The lowest BCUT2D eigenvalue weighted by atomic mass is 10.2. The number of ether oxygens (including phenoxy) is 1. The summed E-state index contributed by atoms with van der Waals surface area (Å²) in [6.45, 7) is 2.44. The minimum Gasteiger partial charge on any atom is -0.492 e. The van der Waals surface area contributed by atoms with Gasteiger partial charge in [0.25, 0.3) is 5.91 Å². The average Bonchev–Trinajstić information content (AvgIpc) is 3.20. The quantitative estimate of drug-likeness (QED) is 0.359. The third kappa shape index (κ3) is 5.91. The molecule has 0 aliphatic rings. The van der Waals surface area contributed by atoms with Gasteiger partial charge in [-0.05, 0) is 31.2 Å². The zero-order chi connectivity index (χ0) is 21.3. The van der Waals surface area contributed by atoms with Crippen molar-refractivity contribution in [3.8, 4) is 5.75 Å². The van der Waals surface area contributed by atoms with E-state index in [-0.39, 0.29) is 11.3 Å². The fourth-order valence-corrected chi connectivity index (χ4v) is 3.85. The number of para-hydroxylation sites is 2. The number of hydrogen-bond acceptors (Lipinski definition) is 8. The van der Waals surface area contributed by atoms with Gasteiger partial charge in [0.2, 0.25) is 11.0 Å². The van der Waals surface area contributed by atoms with Gasteiger partial charge in [0, 0.05) is 0 Å². The molecule has 0 saturated heterocycles. The van der Waals surface area contributed by atoms with Crippen LogP contribution in [0.3, 0.4) is 0 Å². The molecule has 3 rings (SSSR count). The topological polar surface area (TPSA) is 105 Å². The first-order chi connectivity index (χ1) is 14.6. The Morgan fingerprint density at radius 2 is 1.87 bits per heavy atom. The largest absolute Gasteiger partial charge is 0.492 e. The highest BCUT2D eigenvalue weighted by Gasteiger charge is 2.13. The molecule has 8 nitrogen and oxygen atoms in total. The smallest absolute Gasteiger partial charge is 0.272 e. The van der Waals surface area contributed by atoms with E-state index in [2.05, 4.69) is 26.4 Å². The predicted octanol–water partition coefficient (Wildman–Crippen LogP) is 3.37. The Bertz CT molecular complexity index is 1030. The second-order valence-electron chi connectivity index (χ2n) is 5.70. The number of hydrazine groups is 1. The lowest BCUT2D eigenvalue weighted by Crippen LogP contribution is -2.42. The highest BCUT2D eigenvalue weighted by Crippen LogP contribution is 2.31. The Morgan fingerprint density at radius 1 is 1.10 bits per heavy atom. The molecule has 0 aliphatic heterocycles. The van der Waals surface area contributed by atoms with Crippen LogP contribution in [0.5, 0.6) is 5.75 Å². The van der Waals surface area contributed by atoms with E-state index in [4.69, 9.17) is 4.74 Å². The van der Waals surface area contributed by atoms with Crippen molar-refractivity contribution in [3.05, 3.63) is 59.9 Å². The molecule has 0 bridgehead atoms. The highest BCUT2D eigenvalue weighted by atomic mass is 32.2. The fourth-order valence-electron chi connectivity index (χ4n) is 2.29. The lowest BCUT2D eigenvalue weighted by molar-refractivity contribution is -0.119. The number of carbonyl (C=O) groups excluding carboxylic acids is 2. The van der Waals surface area contributed by atoms with Crippen molar-refractivity contribution in [2.45, 2.75) is 11.3 Å². The maximum atomic E-state index is 13.6. The van der Waals surface area contributed by atoms with Gasteiger partial charge in [-0.1, -0.05) is 47.4 Å². The van der Waals surface area contributed by atoms with Gasteiger partial charge in [0.1, 0.15) is 11.6 Å². The fraction of sp³-hybridized carbons (Fsp3) is 0.158. The third-order valence-corrected chi connectivity index (χ3v) is 5.57. The van der Waals surface area contributed by atoms with Gasteiger partial charge >= 0.3 is 0 Å². The van der Waals surface area contributed by atoms with E-state index in [0.29, 0.717) is 21.8 Å². The van der Waals surface area contributed by atoms with Crippen LogP contribution >= 0.6 is 23.1 Å². The molecule has 2 amide bonds. The zero-order valence-electron chi connectivity index (χ0n) is 15.8. The number of hydrogen-bond donors (Lipinski definition) is 3. The SMILES string of the molecule is CCOc1ccccc1Nc1nnc(SCC(=O)NNC(=O)c2ccccc2F)s1. The summed E-state index contributed by atoms with van der Waals surface area (Å²) in [6, 6.07) is 13.0. The number of benzene rings is 2. The molecular formula is C19H18FN5O3S2. The standard InChI is InChI=1S/C19H18FN5O3S2/c1-2-28-15-10-6-5-9-14(15)21-18-24-25-19(30-18)29-11-16(26)22-23-17(27)12-7-3-4-8-13(12)20/h3-10H,2,11H2,1H3,(H,21,24)(H,22,26)(H,23,27). The summed E-state index contributed by atoms with van der Waals surface area (Å²) in [5.74, 6) is -1.16. The first kappa shape index (κ1) is 21.5. The van der Waals surface area contributed by atoms with Crippen LogP contribution in [0.15, 0.2) is 52.9 Å². The number of amides is 2. The lowest BCUT2D eigenvalue weighted by Gasteiger charge is -2.09.